The van der Waals surface area contributed by atoms with Crippen LogP contribution in [0.5, 0.6) is 0 Å². The number of hydrogen-bond acceptors (Lipinski definition) is 6. The molecule has 0 aromatic carbocycles. The smallest absolute Gasteiger partial charge is 0.410 e. The number of hydrogen-bond donors (Lipinski definition) is 1. The van der Waals surface area contributed by atoms with Gasteiger partial charge < -0.3 is 19.5 Å². The van der Waals surface area contributed by atoms with Crippen LogP contribution in [0.25, 0.3) is 0 Å². The first kappa shape index (κ1) is 17.4. The largest absolute Gasteiger partial charge is 0.447 e. The normalized spacial score (nSPS) is 28.2. The molecule has 3 aliphatic rings. The second-order valence-electron chi connectivity index (χ2n) is 6.57. The van der Waals surface area contributed by atoms with E-state index in [9.17, 15) is 9.59 Å². The third kappa shape index (κ3) is 4.58. The molecule has 0 spiro atoms. The van der Waals surface area contributed by atoms with Crippen LogP contribution in [0, 0.1) is 5.92 Å². The minimum Gasteiger partial charge on any atom is -0.447 e. The van der Waals surface area contributed by atoms with Crippen molar-refractivity contribution in [3.8, 4) is 0 Å². The molecule has 3 fully saturated rings. The van der Waals surface area contributed by atoms with Crippen LogP contribution in [0.3, 0.4) is 0 Å². The van der Waals surface area contributed by atoms with E-state index in [4.69, 9.17) is 14.2 Å². The molecular formula is C16H27N3O5. The zero-order chi connectivity index (χ0) is 16.8. The minimum absolute atomic E-state index is 0.123. The summed E-state index contributed by atoms with van der Waals surface area (Å²) in [6.45, 7) is 7.10. The van der Waals surface area contributed by atoms with Gasteiger partial charge in [0.2, 0.25) is 5.91 Å². The van der Waals surface area contributed by atoms with Crippen molar-refractivity contribution >= 4 is 12.0 Å². The van der Waals surface area contributed by atoms with Crippen LogP contribution < -0.4 is 5.32 Å². The first-order valence-electron chi connectivity index (χ1n) is 8.83. The summed E-state index contributed by atoms with van der Waals surface area (Å²) >= 11 is 0. The van der Waals surface area contributed by atoms with E-state index in [-0.39, 0.29) is 12.5 Å². The molecule has 0 aliphatic carbocycles. The second kappa shape index (κ2) is 8.64. The standard InChI is InChI=1S/C16H27N3O5/c20-15(17-3-1-4-18-5-8-22-9-6-18)14-12-24-16(21)19(14)10-13-2-7-23-11-13/h13-14H,1-12H2,(H,17,20)/t13?,14-/m0/s1. The van der Waals surface area contributed by atoms with Crippen LogP contribution in [0.1, 0.15) is 12.8 Å². The molecule has 3 heterocycles. The van der Waals surface area contributed by atoms with Gasteiger partial charge in [0, 0.05) is 38.7 Å². The second-order valence-corrected chi connectivity index (χ2v) is 6.57. The fourth-order valence-electron chi connectivity index (χ4n) is 3.33. The third-order valence-electron chi connectivity index (χ3n) is 4.81. The summed E-state index contributed by atoms with van der Waals surface area (Å²) in [6.07, 6.45) is 1.43. The molecule has 1 unspecified atom stereocenters. The number of carbonyl (C=O) groups excluding carboxylic acids is 2. The maximum absolute atomic E-state index is 12.4. The molecule has 1 N–H and O–H groups in total. The summed E-state index contributed by atoms with van der Waals surface area (Å²) in [5, 5.41) is 2.94. The van der Waals surface area contributed by atoms with Gasteiger partial charge in [-0.2, -0.15) is 0 Å². The Morgan fingerprint density at radius 2 is 2.00 bits per heavy atom. The third-order valence-corrected chi connectivity index (χ3v) is 4.81. The predicted octanol–water partition coefficient (Wildman–Crippen LogP) is -0.318. The topological polar surface area (TPSA) is 80.3 Å². The number of carbonyl (C=O) groups is 2. The maximum atomic E-state index is 12.4. The molecule has 0 radical (unpaired) electrons. The van der Waals surface area contributed by atoms with Crippen LogP contribution in [0.15, 0.2) is 0 Å². The molecule has 136 valence electrons. The van der Waals surface area contributed by atoms with Gasteiger partial charge in [-0.05, 0) is 19.4 Å². The highest BCUT2D eigenvalue weighted by molar-refractivity contribution is 5.87. The highest BCUT2D eigenvalue weighted by atomic mass is 16.6. The van der Waals surface area contributed by atoms with Gasteiger partial charge >= 0.3 is 6.09 Å². The zero-order valence-corrected chi connectivity index (χ0v) is 14.1. The summed E-state index contributed by atoms with van der Waals surface area (Å²) in [6, 6.07) is -0.513. The van der Waals surface area contributed by atoms with E-state index in [0.29, 0.717) is 25.6 Å². The van der Waals surface area contributed by atoms with Crippen molar-refractivity contribution in [2.24, 2.45) is 5.92 Å². The summed E-state index contributed by atoms with van der Waals surface area (Å²) in [7, 11) is 0. The summed E-state index contributed by atoms with van der Waals surface area (Å²) in [4.78, 5) is 28.1. The van der Waals surface area contributed by atoms with Crippen LogP contribution in [0.4, 0.5) is 4.79 Å². The Kier molecular flexibility index (Phi) is 6.28. The number of ether oxygens (including phenoxy) is 3. The van der Waals surface area contributed by atoms with E-state index in [1.165, 1.54) is 0 Å². The van der Waals surface area contributed by atoms with Crippen LogP contribution in [-0.2, 0) is 19.0 Å². The van der Waals surface area contributed by atoms with Gasteiger partial charge in [-0.15, -0.1) is 0 Å². The van der Waals surface area contributed by atoms with Crippen molar-refractivity contribution in [2.75, 3.05) is 65.8 Å². The Bertz CT molecular complexity index is 435. The lowest BCUT2D eigenvalue weighted by atomic mass is 10.1. The summed E-state index contributed by atoms with van der Waals surface area (Å²) in [5.41, 5.74) is 0. The molecule has 0 bridgehead atoms. The highest BCUT2D eigenvalue weighted by Gasteiger charge is 2.39. The van der Waals surface area contributed by atoms with Gasteiger partial charge in [0.05, 0.1) is 19.8 Å². The summed E-state index contributed by atoms with van der Waals surface area (Å²) < 4.78 is 15.7. The molecule has 0 saturated carbocycles. The van der Waals surface area contributed by atoms with E-state index in [1.807, 2.05) is 0 Å². The number of rotatable bonds is 7. The molecule has 8 heteroatoms. The van der Waals surface area contributed by atoms with Crippen molar-refractivity contribution in [1.82, 2.24) is 15.1 Å². The molecular weight excluding hydrogens is 314 g/mol. The van der Waals surface area contributed by atoms with Gasteiger partial charge in [-0.25, -0.2) is 4.79 Å². The molecule has 2 amide bonds. The molecule has 3 saturated heterocycles. The summed E-state index contributed by atoms with van der Waals surface area (Å²) in [5.74, 6) is 0.175. The number of amides is 2. The Balaban J connectivity index is 1.38. The Morgan fingerprint density at radius 3 is 2.75 bits per heavy atom. The highest BCUT2D eigenvalue weighted by Crippen LogP contribution is 2.20. The van der Waals surface area contributed by atoms with Gasteiger partial charge in [0.15, 0.2) is 0 Å². The fraction of sp³-hybridized carbons (Fsp3) is 0.875. The Morgan fingerprint density at radius 1 is 1.17 bits per heavy atom. The van der Waals surface area contributed by atoms with Crippen LogP contribution >= 0.6 is 0 Å². The van der Waals surface area contributed by atoms with Crippen molar-refractivity contribution in [2.45, 2.75) is 18.9 Å². The first-order valence-corrected chi connectivity index (χ1v) is 8.83. The van der Waals surface area contributed by atoms with Gasteiger partial charge in [0.25, 0.3) is 0 Å². The minimum atomic E-state index is -0.513. The van der Waals surface area contributed by atoms with Crippen molar-refractivity contribution in [3.63, 3.8) is 0 Å². The number of cyclic esters (lactones) is 1. The van der Waals surface area contributed by atoms with Crippen molar-refractivity contribution < 1.29 is 23.8 Å². The van der Waals surface area contributed by atoms with Gasteiger partial charge in [-0.3, -0.25) is 14.6 Å². The van der Waals surface area contributed by atoms with Gasteiger partial charge in [0.1, 0.15) is 12.6 Å². The molecule has 0 aromatic rings. The monoisotopic (exact) mass is 341 g/mol. The number of morpholine rings is 1. The maximum Gasteiger partial charge on any atom is 0.410 e. The van der Waals surface area contributed by atoms with Crippen LogP contribution in [0.2, 0.25) is 0 Å². The van der Waals surface area contributed by atoms with Crippen molar-refractivity contribution in [1.29, 1.82) is 0 Å². The van der Waals surface area contributed by atoms with Crippen molar-refractivity contribution in [3.05, 3.63) is 0 Å². The fourth-order valence-corrected chi connectivity index (χ4v) is 3.33. The van der Waals surface area contributed by atoms with E-state index in [1.54, 1.807) is 4.90 Å². The molecule has 8 nitrogen and oxygen atoms in total. The average molecular weight is 341 g/mol. The number of nitrogens with zero attached hydrogens (tertiary/aromatic N) is 2. The molecule has 24 heavy (non-hydrogen) atoms. The lowest BCUT2D eigenvalue weighted by Gasteiger charge is -2.26. The predicted molar refractivity (Wildman–Crippen MR) is 85.7 cm³/mol. The molecule has 3 aliphatic heterocycles. The molecule has 2 atom stereocenters. The number of nitrogens with one attached hydrogen (secondary N) is 1. The van der Waals surface area contributed by atoms with E-state index in [2.05, 4.69) is 10.2 Å². The Hall–Kier alpha value is -1.38. The molecule has 3 rings (SSSR count). The quantitative estimate of drug-likeness (QED) is 0.640. The first-order chi connectivity index (χ1) is 11.7. The SMILES string of the molecule is O=C(NCCCN1CCOCC1)[C@@H]1COC(=O)N1CC1CCOC1. The van der Waals surface area contributed by atoms with E-state index in [0.717, 1.165) is 52.3 Å². The lowest BCUT2D eigenvalue weighted by molar-refractivity contribution is -0.125. The zero-order valence-electron chi connectivity index (χ0n) is 14.1. The van der Waals surface area contributed by atoms with E-state index < -0.39 is 12.1 Å². The van der Waals surface area contributed by atoms with Gasteiger partial charge in [-0.1, -0.05) is 0 Å². The Labute approximate surface area is 142 Å². The lowest BCUT2D eigenvalue weighted by Crippen LogP contribution is -2.48. The average Bonchev–Trinajstić information content (AvgIpc) is 3.24. The molecule has 0 aromatic heterocycles. The van der Waals surface area contributed by atoms with E-state index >= 15 is 0 Å². The van der Waals surface area contributed by atoms with Crippen LogP contribution in [-0.4, -0.2) is 93.6 Å².